The first-order valence-corrected chi connectivity index (χ1v) is 6.96. The highest BCUT2D eigenvalue weighted by molar-refractivity contribution is 5.97. The van der Waals surface area contributed by atoms with Gasteiger partial charge in [0.25, 0.3) is 0 Å². The van der Waals surface area contributed by atoms with Crippen LogP contribution in [0.15, 0.2) is 18.2 Å². The molecule has 1 aromatic rings. The van der Waals surface area contributed by atoms with Crippen LogP contribution in [0.5, 0.6) is 0 Å². The zero-order valence-electron chi connectivity index (χ0n) is 11.7. The molecule has 0 unspecified atom stereocenters. The number of benzene rings is 1. The minimum absolute atomic E-state index is 0.289. The third-order valence-electron chi connectivity index (χ3n) is 3.63. The Bertz CT molecular complexity index is 459. The lowest BCUT2D eigenvalue weighted by Crippen LogP contribution is -2.38. The molecule has 2 rings (SSSR count). The average molecular weight is 262 g/mol. The lowest BCUT2D eigenvalue weighted by Gasteiger charge is -2.36. The van der Waals surface area contributed by atoms with Crippen LogP contribution in [-0.4, -0.2) is 25.2 Å². The molecule has 0 saturated carbocycles. The van der Waals surface area contributed by atoms with E-state index in [0.29, 0.717) is 23.9 Å². The summed E-state index contributed by atoms with van der Waals surface area (Å²) in [6.45, 7) is 5.37. The number of ether oxygens (including phenoxy) is 1. The van der Waals surface area contributed by atoms with E-state index in [-0.39, 0.29) is 5.97 Å². The molecule has 0 amide bonds. The molecular weight excluding hydrogens is 240 g/mol. The van der Waals surface area contributed by atoms with Gasteiger partial charge in [-0.3, -0.25) is 0 Å². The Labute approximate surface area is 114 Å². The van der Waals surface area contributed by atoms with Gasteiger partial charge in [-0.2, -0.15) is 0 Å². The zero-order chi connectivity index (χ0) is 13.8. The first-order chi connectivity index (χ1) is 9.13. The third kappa shape index (κ3) is 3.00. The summed E-state index contributed by atoms with van der Waals surface area (Å²) in [5, 5.41) is 0. The van der Waals surface area contributed by atoms with Crippen LogP contribution in [0.2, 0.25) is 0 Å². The van der Waals surface area contributed by atoms with Gasteiger partial charge < -0.3 is 15.4 Å². The maximum atomic E-state index is 12.1. The van der Waals surface area contributed by atoms with Crippen molar-refractivity contribution < 1.29 is 9.53 Å². The molecule has 2 N–H and O–H groups in total. The summed E-state index contributed by atoms with van der Waals surface area (Å²) in [4.78, 5) is 14.3. The summed E-state index contributed by atoms with van der Waals surface area (Å²) in [7, 11) is 0. The molecule has 0 aromatic heterocycles. The Hall–Kier alpha value is -1.71. The van der Waals surface area contributed by atoms with Crippen molar-refractivity contribution in [1.29, 1.82) is 0 Å². The molecule has 0 bridgehead atoms. The van der Waals surface area contributed by atoms with E-state index in [2.05, 4.69) is 11.8 Å². The molecule has 1 aliphatic heterocycles. The Morgan fingerprint density at radius 2 is 2.26 bits per heavy atom. The van der Waals surface area contributed by atoms with E-state index >= 15 is 0 Å². The van der Waals surface area contributed by atoms with E-state index < -0.39 is 0 Å². The number of anilines is 2. The van der Waals surface area contributed by atoms with E-state index in [1.807, 2.05) is 19.1 Å². The Kier molecular flexibility index (Phi) is 4.30. The minimum atomic E-state index is -0.289. The Morgan fingerprint density at radius 3 is 2.95 bits per heavy atom. The number of piperidine rings is 1. The maximum absolute atomic E-state index is 12.1. The fourth-order valence-electron chi connectivity index (χ4n) is 2.63. The van der Waals surface area contributed by atoms with Gasteiger partial charge in [0, 0.05) is 18.3 Å². The van der Waals surface area contributed by atoms with Crippen molar-refractivity contribution in [3.63, 3.8) is 0 Å². The number of carbonyl (C=O) groups excluding carboxylic acids is 1. The van der Waals surface area contributed by atoms with Gasteiger partial charge in [0.2, 0.25) is 0 Å². The van der Waals surface area contributed by atoms with Gasteiger partial charge in [0.05, 0.1) is 17.9 Å². The van der Waals surface area contributed by atoms with Crippen molar-refractivity contribution in [3.05, 3.63) is 23.8 Å². The Morgan fingerprint density at radius 1 is 1.47 bits per heavy atom. The zero-order valence-corrected chi connectivity index (χ0v) is 11.7. The summed E-state index contributed by atoms with van der Waals surface area (Å²) in [6.07, 6.45) is 3.57. The molecule has 1 aromatic carbocycles. The smallest absolute Gasteiger partial charge is 0.340 e. The van der Waals surface area contributed by atoms with E-state index in [0.717, 1.165) is 25.1 Å². The molecule has 104 valence electrons. The molecule has 0 spiro atoms. The first kappa shape index (κ1) is 13.7. The van der Waals surface area contributed by atoms with E-state index in [4.69, 9.17) is 10.5 Å². The number of nitrogens with two attached hydrogens (primary N) is 1. The summed E-state index contributed by atoms with van der Waals surface area (Å²) >= 11 is 0. The van der Waals surface area contributed by atoms with Crippen molar-refractivity contribution in [2.75, 3.05) is 23.8 Å². The molecule has 1 saturated heterocycles. The standard InChI is InChI=1S/C15H22N2O2/c1-3-19-15(18)13-10-12(16)7-8-14(13)17-9-5-4-6-11(17)2/h7-8,10-11H,3-6,9,16H2,1-2H3/t11-/m0/s1. The summed E-state index contributed by atoms with van der Waals surface area (Å²) in [5.41, 5.74) is 7.92. The highest BCUT2D eigenvalue weighted by Gasteiger charge is 2.23. The number of hydrogen-bond acceptors (Lipinski definition) is 4. The average Bonchev–Trinajstić information content (AvgIpc) is 2.40. The third-order valence-corrected chi connectivity index (χ3v) is 3.63. The second-order valence-electron chi connectivity index (χ2n) is 5.04. The topological polar surface area (TPSA) is 55.6 Å². The van der Waals surface area contributed by atoms with Crippen LogP contribution < -0.4 is 10.6 Å². The SMILES string of the molecule is CCOC(=O)c1cc(N)ccc1N1CCCC[C@@H]1C. The van der Waals surface area contributed by atoms with E-state index in [1.165, 1.54) is 6.42 Å². The van der Waals surface area contributed by atoms with Crippen molar-refractivity contribution >= 4 is 17.3 Å². The minimum Gasteiger partial charge on any atom is -0.462 e. The lowest BCUT2D eigenvalue weighted by atomic mass is 10.0. The molecule has 4 nitrogen and oxygen atoms in total. The Balaban J connectivity index is 2.35. The number of hydrogen-bond donors (Lipinski definition) is 1. The quantitative estimate of drug-likeness (QED) is 0.672. The van der Waals surface area contributed by atoms with Crippen LogP contribution in [0.4, 0.5) is 11.4 Å². The van der Waals surface area contributed by atoms with Gasteiger partial charge in [-0.05, 0) is 51.3 Å². The van der Waals surface area contributed by atoms with Crippen LogP contribution >= 0.6 is 0 Å². The predicted molar refractivity (Wildman–Crippen MR) is 77.5 cm³/mol. The molecule has 0 aliphatic carbocycles. The van der Waals surface area contributed by atoms with Gasteiger partial charge in [0.1, 0.15) is 0 Å². The van der Waals surface area contributed by atoms with E-state index in [1.54, 1.807) is 6.07 Å². The lowest BCUT2D eigenvalue weighted by molar-refractivity contribution is 0.0527. The van der Waals surface area contributed by atoms with E-state index in [9.17, 15) is 4.79 Å². The fourth-order valence-corrected chi connectivity index (χ4v) is 2.63. The predicted octanol–water partition coefficient (Wildman–Crippen LogP) is 2.82. The van der Waals surface area contributed by atoms with Gasteiger partial charge >= 0.3 is 5.97 Å². The highest BCUT2D eigenvalue weighted by atomic mass is 16.5. The number of esters is 1. The highest BCUT2D eigenvalue weighted by Crippen LogP contribution is 2.29. The summed E-state index contributed by atoms with van der Waals surface area (Å²) in [6, 6.07) is 5.95. The molecule has 1 fully saturated rings. The molecular formula is C15H22N2O2. The van der Waals surface area contributed by atoms with Crippen LogP contribution in [0.25, 0.3) is 0 Å². The molecule has 1 aliphatic rings. The van der Waals surface area contributed by atoms with Crippen molar-refractivity contribution in [1.82, 2.24) is 0 Å². The van der Waals surface area contributed by atoms with Crippen LogP contribution in [-0.2, 0) is 4.74 Å². The fraction of sp³-hybridized carbons (Fsp3) is 0.533. The van der Waals surface area contributed by atoms with Crippen LogP contribution in [0.3, 0.4) is 0 Å². The van der Waals surface area contributed by atoms with Crippen LogP contribution in [0.1, 0.15) is 43.5 Å². The van der Waals surface area contributed by atoms with Crippen molar-refractivity contribution in [2.24, 2.45) is 0 Å². The molecule has 1 heterocycles. The van der Waals surface area contributed by atoms with Crippen molar-refractivity contribution in [2.45, 2.75) is 39.2 Å². The second-order valence-corrected chi connectivity index (χ2v) is 5.04. The summed E-state index contributed by atoms with van der Waals surface area (Å²) < 4.78 is 5.13. The number of rotatable bonds is 3. The largest absolute Gasteiger partial charge is 0.462 e. The summed E-state index contributed by atoms with van der Waals surface area (Å²) in [5.74, 6) is -0.289. The van der Waals surface area contributed by atoms with Crippen LogP contribution in [0, 0.1) is 0 Å². The van der Waals surface area contributed by atoms with Gasteiger partial charge in [0.15, 0.2) is 0 Å². The number of nitrogen functional groups attached to an aromatic ring is 1. The number of carbonyl (C=O) groups is 1. The van der Waals surface area contributed by atoms with Gasteiger partial charge in [-0.1, -0.05) is 0 Å². The second kappa shape index (κ2) is 5.95. The molecule has 4 heteroatoms. The first-order valence-electron chi connectivity index (χ1n) is 6.96. The number of nitrogens with zero attached hydrogens (tertiary/aromatic N) is 1. The van der Waals surface area contributed by atoms with Gasteiger partial charge in [-0.25, -0.2) is 4.79 Å². The monoisotopic (exact) mass is 262 g/mol. The normalized spacial score (nSPS) is 19.3. The van der Waals surface area contributed by atoms with Gasteiger partial charge in [-0.15, -0.1) is 0 Å². The molecule has 1 atom stereocenters. The molecule has 19 heavy (non-hydrogen) atoms. The molecule has 0 radical (unpaired) electrons. The van der Waals surface area contributed by atoms with Crippen molar-refractivity contribution in [3.8, 4) is 0 Å². The maximum Gasteiger partial charge on any atom is 0.340 e.